The molecule has 0 spiro atoms. The zero-order chi connectivity index (χ0) is 14.5. The van der Waals surface area contributed by atoms with Crippen molar-refractivity contribution >= 4 is 29.1 Å². The zero-order valence-electron chi connectivity index (χ0n) is 11.0. The molecule has 0 aliphatic heterocycles. The molecule has 20 heavy (non-hydrogen) atoms. The highest BCUT2D eigenvalue weighted by Crippen LogP contribution is 2.13. The van der Waals surface area contributed by atoms with Gasteiger partial charge in [-0.05, 0) is 6.92 Å². The molecule has 0 bridgehead atoms. The maximum absolute atomic E-state index is 11.7. The van der Waals surface area contributed by atoms with Crippen LogP contribution >= 0.6 is 23.2 Å². The van der Waals surface area contributed by atoms with Crippen LogP contribution < -0.4 is 5.32 Å². The van der Waals surface area contributed by atoms with Crippen molar-refractivity contribution in [3.05, 3.63) is 34.3 Å². The summed E-state index contributed by atoms with van der Waals surface area (Å²) in [5, 5.41) is 12.2. The van der Waals surface area contributed by atoms with Gasteiger partial charge in [0, 0.05) is 31.9 Å². The number of carbonyl (C=O) groups is 1. The molecule has 2 rings (SSSR count). The van der Waals surface area contributed by atoms with Crippen molar-refractivity contribution < 1.29 is 4.79 Å². The van der Waals surface area contributed by atoms with Gasteiger partial charge in [-0.25, -0.2) is 0 Å². The Morgan fingerprint density at radius 3 is 2.75 bits per heavy atom. The lowest BCUT2D eigenvalue weighted by molar-refractivity contribution is -0.121. The van der Waals surface area contributed by atoms with Gasteiger partial charge < -0.3 is 5.32 Å². The summed E-state index contributed by atoms with van der Waals surface area (Å²) < 4.78 is 3.36. The van der Waals surface area contributed by atoms with Crippen molar-refractivity contribution in [2.24, 2.45) is 0 Å². The van der Waals surface area contributed by atoms with Crippen LogP contribution in [-0.2, 0) is 24.4 Å². The third-order valence-electron chi connectivity index (χ3n) is 2.73. The van der Waals surface area contributed by atoms with Gasteiger partial charge in [-0.3, -0.25) is 14.2 Å². The van der Waals surface area contributed by atoms with E-state index in [-0.39, 0.29) is 5.91 Å². The van der Waals surface area contributed by atoms with Crippen molar-refractivity contribution in [2.45, 2.75) is 33.0 Å². The zero-order valence-corrected chi connectivity index (χ0v) is 12.5. The Bertz CT molecular complexity index is 592. The van der Waals surface area contributed by atoms with E-state index in [0.717, 1.165) is 6.54 Å². The third kappa shape index (κ3) is 3.98. The minimum atomic E-state index is -0.0845. The van der Waals surface area contributed by atoms with Crippen LogP contribution in [0.25, 0.3) is 0 Å². The number of hydrogen-bond acceptors (Lipinski definition) is 3. The van der Waals surface area contributed by atoms with E-state index >= 15 is 0 Å². The van der Waals surface area contributed by atoms with Gasteiger partial charge >= 0.3 is 0 Å². The molecule has 108 valence electrons. The summed E-state index contributed by atoms with van der Waals surface area (Å²) >= 11 is 11.8. The summed E-state index contributed by atoms with van der Waals surface area (Å²) in [7, 11) is 0. The van der Waals surface area contributed by atoms with Crippen LogP contribution in [0, 0.1) is 0 Å². The average molecular weight is 316 g/mol. The van der Waals surface area contributed by atoms with Crippen LogP contribution in [0.1, 0.15) is 19.0 Å². The van der Waals surface area contributed by atoms with Crippen molar-refractivity contribution in [3.8, 4) is 0 Å². The second kappa shape index (κ2) is 6.76. The fourth-order valence-corrected chi connectivity index (χ4v) is 2.04. The summed E-state index contributed by atoms with van der Waals surface area (Å²) in [5.41, 5.74) is 0.670. The first-order valence-electron chi connectivity index (χ1n) is 6.25. The molecule has 0 fully saturated rings. The van der Waals surface area contributed by atoms with Crippen molar-refractivity contribution in [1.82, 2.24) is 24.9 Å². The third-order valence-corrected chi connectivity index (χ3v) is 3.24. The highest BCUT2D eigenvalue weighted by molar-refractivity contribution is 6.31. The number of rotatable bonds is 6. The fraction of sp³-hybridized carbons (Fsp3) is 0.417. The predicted octanol–water partition coefficient (Wildman–Crippen LogP) is 2.11. The number of amides is 1. The minimum Gasteiger partial charge on any atom is -0.350 e. The van der Waals surface area contributed by atoms with Gasteiger partial charge in [0.05, 0.1) is 22.8 Å². The molecule has 0 radical (unpaired) electrons. The van der Waals surface area contributed by atoms with Crippen LogP contribution in [0.2, 0.25) is 10.0 Å². The largest absolute Gasteiger partial charge is 0.350 e. The Kier molecular flexibility index (Phi) is 5.03. The van der Waals surface area contributed by atoms with Crippen molar-refractivity contribution in [2.75, 3.05) is 0 Å². The Morgan fingerprint density at radius 2 is 2.15 bits per heavy atom. The standard InChI is InChI=1S/C12H15Cl2N5O/c1-2-18-8-10(14)11(17-18)6-15-12(20)3-4-19-7-9(13)5-16-19/h5,7-8H,2-4,6H2,1H3,(H,15,20). The molecule has 0 saturated heterocycles. The van der Waals surface area contributed by atoms with Gasteiger partial charge in [-0.1, -0.05) is 23.2 Å². The van der Waals surface area contributed by atoms with E-state index in [1.807, 2.05) is 6.92 Å². The monoisotopic (exact) mass is 315 g/mol. The molecule has 0 aliphatic carbocycles. The Balaban J connectivity index is 1.78. The van der Waals surface area contributed by atoms with Crippen LogP contribution in [0.15, 0.2) is 18.6 Å². The molecule has 8 heteroatoms. The lowest BCUT2D eigenvalue weighted by Gasteiger charge is -2.04. The van der Waals surface area contributed by atoms with E-state index < -0.39 is 0 Å². The first kappa shape index (κ1) is 14.9. The molecule has 2 aromatic heterocycles. The highest BCUT2D eigenvalue weighted by Gasteiger charge is 2.08. The minimum absolute atomic E-state index is 0.0845. The first-order valence-corrected chi connectivity index (χ1v) is 7.00. The molecule has 2 aromatic rings. The molecule has 1 amide bonds. The molecule has 0 saturated carbocycles. The number of carbonyl (C=O) groups excluding carboxylic acids is 1. The molecule has 0 unspecified atom stereocenters. The molecule has 0 aliphatic rings. The normalized spacial score (nSPS) is 10.8. The maximum atomic E-state index is 11.7. The van der Waals surface area contributed by atoms with Gasteiger partial charge in [0.2, 0.25) is 5.91 Å². The number of hydrogen-bond donors (Lipinski definition) is 1. The van der Waals surface area contributed by atoms with Crippen LogP contribution in [-0.4, -0.2) is 25.5 Å². The molecular formula is C12H15Cl2N5O. The van der Waals surface area contributed by atoms with Gasteiger partial charge in [0.15, 0.2) is 0 Å². The molecule has 1 N–H and O–H groups in total. The summed E-state index contributed by atoms with van der Waals surface area (Å²) in [6, 6.07) is 0. The van der Waals surface area contributed by atoms with E-state index in [9.17, 15) is 4.79 Å². The van der Waals surface area contributed by atoms with Crippen LogP contribution in [0.3, 0.4) is 0 Å². The number of aromatic nitrogens is 4. The predicted molar refractivity (Wildman–Crippen MR) is 76.6 cm³/mol. The smallest absolute Gasteiger partial charge is 0.222 e. The Labute approximate surface area is 126 Å². The summed E-state index contributed by atoms with van der Waals surface area (Å²) in [4.78, 5) is 11.7. The van der Waals surface area contributed by atoms with E-state index in [4.69, 9.17) is 23.2 Å². The van der Waals surface area contributed by atoms with Gasteiger partial charge in [-0.2, -0.15) is 10.2 Å². The fourth-order valence-electron chi connectivity index (χ4n) is 1.67. The van der Waals surface area contributed by atoms with E-state index in [0.29, 0.717) is 35.2 Å². The summed E-state index contributed by atoms with van der Waals surface area (Å²) in [6.07, 6.45) is 5.28. The molecule has 6 nitrogen and oxygen atoms in total. The lowest BCUT2D eigenvalue weighted by Crippen LogP contribution is -2.24. The topological polar surface area (TPSA) is 64.7 Å². The molecule has 0 atom stereocenters. The van der Waals surface area contributed by atoms with E-state index in [1.54, 1.807) is 21.8 Å². The van der Waals surface area contributed by atoms with Gasteiger partial charge in [0.1, 0.15) is 5.69 Å². The second-order valence-electron chi connectivity index (χ2n) is 4.23. The molecule has 0 aromatic carbocycles. The number of nitrogens with one attached hydrogen (secondary N) is 1. The average Bonchev–Trinajstić information content (AvgIpc) is 3.00. The Morgan fingerprint density at radius 1 is 1.35 bits per heavy atom. The molecule has 2 heterocycles. The quantitative estimate of drug-likeness (QED) is 0.888. The van der Waals surface area contributed by atoms with Gasteiger partial charge in [-0.15, -0.1) is 0 Å². The van der Waals surface area contributed by atoms with E-state index in [2.05, 4.69) is 15.5 Å². The van der Waals surface area contributed by atoms with Crippen molar-refractivity contribution in [1.29, 1.82) is 0 Å². The van der Waals surface area contributed by atoms with Gasteiger partial charge in [0.25, 0.3) is 0 Å². The van der Waals surface area contributed by atoms with Crippen LogP contribution in [0.5, 0.6) is 0 Å². The summed E-state index contributed by atoms with van der Waals surface area (Å²) in [5.74, 6) is -0.0845. The SMILES string of the molecule is CCn1cc(Cl)c(CNC(=O)CCn2cc(Cl)cn2)n1. The van der Waals surface area contributed by atoms with E-state index in [1.165, 1.54) is 6.20 Å². The number of aryl methyl sites for hydroxylation is 2. The number of halogens is 2. The Hall–Kier alpha value is -1.53. The summed E-state index contributed by atoms with van der Waals surface area (Å²) in [6.45, 7) is 3.52. The second-order valence-corrected chi connectivity index (χ2v) is 5.07. The van der Waals surface area contributed by atoms with Crippen molar-refractivity contribution in [3.63, 3.8) is 0 Å². The van der Waals surface area contributed by atoms with Crippen LogP contribution in [0.4, 0.5) is 0 Å². The first-order chi connectivity index (χ1) is 9.58. The number of nitrogens with zero attached hydrogens (tertiary/aromatic N) is 4. The highest BCUT2D eigenvalue weighted by atomic mass is 35.5. The lowest BCUT2D eigenvalue weighted by atomic mass is 10.3. The molecular weight excluding hydrogens is 301 g/mol. The maximum Gasteiger partial charge on any atom is 0.222 e.